The molecule has 1 aliphatic rings. The van der Waals surface area contributed by atoms with Crippen LogP contribution in [0.15, 0.2) is 30.3 Å². The molecule has 5 heteroatoms. The molecule has 1 aliphatic heterocycles. The Hall–Kier alpha value is -1.43. The molecule has 2 atom stereocenters. The van der Waals surface area contributed by atoms with Crippen LogP contribution in [-0.4, -0.2) is 35.9 Å². The molecule has 17 heavy (non-hydrogen) atoms. The molecule has 3 N–H and O–H groups in total. The second kappa shape index (κ2) is 4.83. The minimum absolute atomic E-state index is 0.0121. The van der Waals surface area contributed by atoms with Gasteiger partial charge in [0.2, 0.25) is 0 Å². The number of carbonyl (C=O) groups is 1. The summed E-state index contributed by atoms with van der Waals surface area (Å²) >= 11 is 0. The molecule has 5 nitrogen and oxygen atoms in total. The lowest BCUT2D eigenvalue weighted by Gasteiger charge is -2.24. The van der Waals surface area contributed by atoms with E-state index in [1.165, 1.54) is 0 Å². The van der Waals surface area contributed by atoms with E-state index in [4.69, 9.17) is 20.3 Å². The second-order valence-corrected chi connectivity index (χ2v) is 4.15. The molecule has 0 aromatic heterocycles. The normalized spacial score (nSPS) is 28.2. The lowest BCUT2D eigenvalue weighted by molar-refractivity contribution is -0.148. The lowest BCUT2D eigenvalue weighted by atomic mass is 9.97. The van der Waals surface area contributed by atoms with Crippen LogP contribution in [0.2, 0.25) is 0 Å². The summed E-state index contributed by atoms with van der Waals surface area (Å²) in [4.78, 5) is 11.1. The highest BCUT2D eigenvalue weighted by Crippen LogP contribution is 2.21. The van der Waals surface area contributed by atoms with Gasteiger partial charge in [0.25, 0.3) is 0 Å². The van der Waals surface area contributed by atoms with E-state index in [0.717, 1.165) is 5.56 Å². The summed E-state index contributed by atoms with van der Waals surface area (Å²) in [5.74, 6) is -1.09. The van der Waals surface area contributed by atoms with Crippen molar-refractivity contribution in [3.63, 3.8) is 0 Å². The number of rotatable bonds is 4. The van der Waals surface area contributed by atoms with Gasteiger partial charge in [-0.3, -0.25) is 4.79 Å². The highest BCUT2D eigenvalue weighted by Gasteiger charge is 2.48. The van der Waals surface area contributed by atoms with E-state index in [0.29, 0.717) is 6.61 Å². The average molecular weight is 237 g/mol. The fraction of sp³-hybridized carbons (Fsp3) is 0.417. The monoisotopic (exact) mass is 237 g/mol. The highest BCUT2D eigenvalue weighted by atomic mass is 16.6. The quantitative estimate of drug-likeness (QED) is 0.791. The van der Waals surface area contributed by atoms with Gasteiger partial charge in [0, 0.05) is 0 Å². The topological polar surface area (TPSA) is 81.8 Å². The zero-order valence-corrected chi connectivity index (χ0v) is 9.33. The molecule has 0 spiro atoms. The number of hydrogen-bond donors (Lipinski definition) is 2. The van der Waals surface area contributed by atoms with Gasteiger partial charge in [0.1, 0.15) is 6.10 Å². The first-order valence-corrected chi connectivity index (χ1v) is 5.38. The Morgan fingerprint density at radius 2 is 2.24 bits per heavy atom. The van der Waals surface area contributed by atoms with Crippen molar-refractivity contribution >= 4 is 5.97 Å². The molecule has 0 aliphatic carbocycles. The third kappa shape index (κ3) is 2.46. The molecular weight excluding hydrogens is 222 g/mol. The number of nitrogens with two attached hydrogens (primary N) is 1. The first-order chi connectivity index (χ1) is 8.13. The van der Waals surface area contributed by atoms with E-state index >= 15 is 0 Å². The molecule has 1 heterocycles. The van der Waals surface area contributed by atoms with Crippen molar-refractivity contribution in [2.45, 2.75) is 18.2 Å². The predicted octanol–water partition coefficient (Wildman–Crippen LogP) is 0.384. The van der Waals surface area contributed by atoms with Crippen LogP contribution in [0.25, 0.3) is 0 Å². The minimum Gasteiger partial charge on any atom is -0.480 e. The van der Waals surface area contributed by atoms with E-state index in [-0.39, 0.29) is 13.2 Å². The molecule has 92 valence electrons. The van der Waals surface area contributed by atoms with Crippen LogP contribution in [0.4, 0.5) is 0 Å². The summed E-state index contributed by atoms with van der Waals surface area (Å²) in [5.41, 5.74) is 5.30. The molecule has 1 aromatic rings. The van der Waals surface area contributed by atoms with Gasteiger partial charge < -0.3 is 20.3 Å². The van der Waals surface area contributed by atoms with Gasteiger partial charge in [0.05, 0.1) is 19.8 Å². The van der Waals surface area contributed by atoms with Crippen molar-refractivity contribution in [1.82, 2.24) is 0 Å². The van der Waals surface area contributed by atoms with E-state index < -0.39 is 17.6 Å². The van der Waals surface area contributed by atoms with Crippen molar-refractivity contribution in [2.24, 2.45) is 5.73 Å². The van der Waals surface area contributed by atoms with Crippen LogP contribution >= 0.6 is 0 Å². The van der Waals surface area contributed by atoms with Crippen molar-refractivity contribution in [3.8, 4) is 0 Å². The Balaban J connectivity index is 1.97. The van der Waals surface area contributed by atoms with E-state index in [9.17, 15) is 4.79 Å². The van der Waals surface area contributed by atoms with Gasteiger partial charge in [-0.1, -0.05) is 30.3 Å². The average Bonchev–Trinajstić information content (AvgIpc) is 2.71. The minimum atomic E-state index is -1.44. The molecule has 1 fully saturated rings. The van der Waals surface area contributed by atoms with E-state index in [1.807, 2.05) is 30.3 Å². The SMILES string of the molecule is N[C@]1(C(=O)O)COC[C@@H]1OCc1ccccc1. The van der Waals surface area contributed by atoms with E-state index in [1.54, 1.807) is 0 Å². The van der Waals surface area contributed by atoms with Gasteiger partial charge >= 0.3 is 5.97 Å². The highest BCUT2D eigenvalue weighted by molar-refractivity contribution is 5.80. The summed E-state index contributed by atoms with van der Waals surface area (Å²) in [6.45, 7) is 0.540. The summed E-state index contributed by atoms with van der Waals surface area (Å²) in [7, 11) is 0. The van der Waals surface area contributed by atoms with Gasteiger partial charge in [-0.25, -0.2) is 0 Å². The van der Waals surface area contributed by atoms with Crippen molar-refractivity contribution < 1.29 is 19.4 Å². The molecule has 0 bridgehead atoms. The first-order valence-electron chi connectivity index (χ1n) is 5.38. The molecule has 1 aromatic carbocycles. The second-order valence-electron chi connectivity index (χ2n) is 4.15. The van der Waals surface area contributed by atoms with Crippen LogP contribution < -0.4 is 5.73 Å². The van der Waals surface area contributed by atoms with Crippen LogP contribution in [-0.2, 0) is 20.9 Å². The Labute approximate surface area is 99.1 Å². The molecule has 0 amide bonds. The Bertz CT molecular complexity index is 395. The van der Waals surface area contributed by atoms with Crippen molar-refractivity contribution in [1.29, 1.82) is 0 Å². The lowest BCUT2D eigenvalue weighted by Crippen LogP contribution is -2.57. The van der Waals surface area contributed by atoms with Crippen molar-refractivity contribution in [3.05, 3.63) is 35.9 Å². The summed E-state index contributed by atoms with van der Waals surface area (Å²) < 4.78 is 10.6. The van der Waals surface area contributed by atoms with Gasteiger partial charge in [0.15, 0.2) is 5.54 Å². The molecule has 0 saturated carbocycles. The molecule has 0 unspecified atom stereocenters. The molecule has 1 saturated heterocycles. The molecule has 2 rings (SSSR count). The van der Waals surface area contributed by atoms with Crippen molar-refractivity contribution in [2.75, 3.05) is 13.2 Å². The standard InChI is InChI=1S/C12H15NO4/c13-12(11(14)15)8-16-7-10(12)17-6-9-4-2-1-3-5-9/h1-5,10H,6-8,13H2,(H,14,15)/t10-,12+/m0/s1. The number of ether oxygens (including phenoxy) is 2. The number of carboxylic acids is 1. The smallest absolute Gasteiger partial charge is 0.328 e. The maximum Gasteiger partial charge on any atom is 0.328 e. The Morgan fingerprint density at radius 3 is 2.88 bits per heavy atom. The largest absolute Gasteiger partial charge is 0.480 e. The maximum absolute atomic E-state index is 11.1. The fourth-order valence-electron chi connectivity index (χ4n) is 1.74. The maximum atomic E-state index is 11.1. The Kier molecular flexibility index (Phi) is 3.42. The van der Waals surface area contributed by atoms with E-state index in [2.05, 4.69) is 0 Å². The van der Waals surface area contributed by atoms with Gasteiger partial charge in [-0.15, -0.1) is 0 Å². The zero-order chi connectivity index (χ0) is 12.3. The Morgan fingerprint density at radius 1 is 1.53 bits per heavy atom. The third-order valence-electron chi connectivity index (χ3n) is 2.88. The number of hydrogen-bond acceptors (Lipinski definition) is 4. The van der Waals surface area contributed by atoms with Crippen LogP contribution in [0, 0.1) is 0 Å². The first kappa shape index (κ1) is 12.0. The fourth-order valence-corrected chi connectivity index (χ4v) is 1.74. The summed E-state index contributed by atoms with van der Waals surface area (Å²) in [5, 5.41) is 9.06. The van der Waals surface area contributed by atoms with Gasteiger partial charge in [-0.2, -0.15) is 0 Å². The summed E-state index contributed by atoms with van der Waals surface area (Å²) in [6.07, 6.45) is -0.611. The number of benzene rings is 1. The van der Waals surface area contributed by atoms with Gasteiger partial charge in [-0.05, 0) is 5.56 Å². The number of aliphatic carboxylic acids is 1. The summed E-state index contributed by atoms with van der Waals surface area (Å²) in [6, 6.07) is 9.53. The predicted molar refractivity (Wildman–Crippen MR) is 60.4 cm³/mol. The van der Waals surface area contributed by atoms with Crippen LogP contribution in [0.3, 0.4) is 0 Å². The molecular formula is C12H15NO4. The molecule has 0 radical (unpaired) electrons. The van der Waals surface area contributed by atoms with Crippen LogP contribution in [0.1, 0.15) is 5.56 Å². The number of carboxylic acid groups (broad SMARTS) is 1. The third-order valence-corrected chi connectivity index (χ3v) is 2.88. The van der Waals surface area contributed by atoms with Crippen LogP contribution in [0.5, 0.6) is 0 Å². The zero-order valence-electron chi connectivity index (χ0n) is 9.33.